The zero-order valence-corrected chi connectivity index (χ0v) is 12.9. The van der Waals surface area contributed by atoms with Crippen molar-refractivity contribution in [3.8, 4) is 11.5 Å². The highest BCUT2D eigenvalue weighted by Crippen LogP contribution is 2.50. The van der Waals surface area contributed by atoms with Crippen molar-refractivity contribution in [2.24, 2.45) is 0 Å². The van der Waals surface area contributed by atoms with Crippen LogP contribution in [0.5, 0.6) is 11.5 Å². The van der Waals surface area contributed by atoms with Crippen LogP contribution in [0.15, 0.2) is 15.3 Å². The highest BCUT2D eigenvalue weighted by molar-refractivity contribution is 6.01. The second-order valence-corrected chi connectivity index (χ2v) is 6.08. The molecule has 7 nitrogen and oxygen atoms in total. The highest BCUT2D eigenvalue weighted by atomic mass is 16.7. The van der Waals surface area contributed by atoms with Gasteiger partial charge in [0.1, 0.15) is 22.6 Å². The van der Waals surface area contributed by atoms with E-state index in [1.165, 1.54) is 7.11 Å². The molecule has 0 amide bonds. The van der Waals surface area contributed by atoms with Crippen LogP contribution < -0.4 is 15.1 Å². The minimum Gasteiger partial charge on any atom is -0.496 e. The van der Waals surface area contributed by atoms with Crippen LogP contribution in [0, 0.1) is 0 Å². The predicted molar refractivity (Wildman–Crippen MR) is 80.7 cm³/mol. The van der Waals surface area contributed by atoms with Crippen LogP contribution in [-0.4, -0.2) is 32.6 Å². The SMILES string of the molecule is COc1cc2c(c3oc(=O)c4c(c13)CCOC4=O)C1CCO[C@@H]1O2. The van der Waals surface area contributed by atoms with E-state index < -0.39 is 11.6 Å². The lowest BCUT2D eigenvalue weighted by Gasteiger charge is -2.19. The molecule has 1 aromatic carbocycles. The molecule has 1 unspecified atom stereocenters. The Bertz CT molecular complexity index is 942. The van der Waals surface area contributed by atoms with Crippen molar-refractivity contribution in [2.75, 3.05) is 20.3 Å². The fourth-order valence-corrected chi connectivity index (χ4v) is 3.88. The molecule has 0 aliphatic carbocycles. The topological polar surface area (TPSA) is 84.2 Å². The fourth-order valence-electron chi connectivity index (χ4n) is 3.88. The molecule has 3 aliphatic heterocycles. The minimum absolute atomic E-state index is 0.0187. The molecule has 7 heteroatoms. The first-order valence-corrected chi connectivity index (χ1v) is 7.85. The first-order valence-electron chi connectivity index (χ1n) is 7.85. The van der Waals surface area contributed by atoms with Crippen LogP contribution >= 0.6 is 0 Å². The number of cyclic esters (lactones) is 1. The summed E-state index contributed by atoms with van der Waals surface area (Å²) < 4.78 is 27.4. The van der Waals surface area contributed by atoms with Crippen LogP contribution in [-0.2, 0) is 15.9 Å². The van der Waals surface area contributed by atoms with Gasteiger partial charge in [-0.3, -0.25) is 0 Å². The molecule has 0 saturated carbocycles. The monoisotopic (exact) mass is 330 g/mol. The third-order valence-corrected chi connectivity index (χ3v) is 4.91. The summed E-state index contributed by atoms with van der Waals surface area (Å²) in [4.78, 5) is 24.4. The predicted octanol–water partition coefficient (Wildman–Crippen LogP) is 1.74. The fraction of sp³-hybridized carbons (Fsp3) is 0.412. The molecule has 4 heterocycles. The van der Waals surface area contributed by atoms with Gasteiger partial charge in [-0.1, -0.05) is 0 Å². The first kappa shape index (κ1) is 13.9. The number of methoxy groups -OCH3 is 1. The van der Waals surface area contributed by atoms with E-state index in [-0.39, 0.29) is 24.4 Å². The Morgan fingerprint density at radius 2 is 2.12 bits per heavy atom. The van der Waals surface area contributed by atoms with E-state index in [1.807, 2.05) is 0 Å². The van der Waals surface area contributed by atoms with Crippen molar-refractivity contribution in [2.45, 2.75) is 25.0 Å². The van der Waals surface area contributed by atoms with Crippen molar-refractivity contribution in [3.05, 3.63) is 33.2 Å². The zero-order valence-electron chi connectivity index (χ0n) is 12.9. The summed E-state index contributed by atoms with van der Waals surface area (Å²) in [7, 11) is 1.53. The van der Waals surface area contributed by atoms with E-state index in [0.717, 1.165) is 12.0 Å². The Morgan fingerprint density at radius 3 is 2.96 bits per heavy atom. The smallest absolute Gasteiger partial charge is 0.351 e. The molecule has 3 aliphatic rings. The number of benzene rings is 1. The van der Waals surface area contributed by atoms with Gasteiger partial charge in [-0.05, 0) is 12.0 Å². The summed E-state index contributed by atoms with van der Waals surface area (Å²) in [5.74, 6) is 0.492. The Kier molecular flexibility index (Phi) is 2.73. The van der Waals surface area contributed by atoms with Gasteiger partial charge in [0.05, 0.1) is 31.6 Å². The van der Waals surface area contributed by atoms with Crippen LogP contribution in [0.1, 0.15) is 33.8 Å². The third kappa shape index (κ3) is 1.65. The molecule has 1 saturated heterocycles. The first-order chi connectivity index (χ1) is 11.7. The van der Waals surface area contributed by atoms with Crippen molar-refractivity contribution >= 4 is 16.9 Å². The molecule has 0 bridgehead atoms. The Balaban J connectivity index is 1.91. The van der Waals surface area contributed by atoms with Gasteiger partial charge >= 0.3 is 11.6 Å². The minimum atomic E-state index is -0.681. The Labute approximate surface area is 136 Å². The summed E-state index contributed by atoms with van der Waals surface area (Å²) in [6.45, 7) is 0.833. The van der Waals surface area contributed by atoms with Crippen LogP contribution in [0.25, 0.3) is 11.0 Å². The van der Waals surface area contributed by atoms with Gasteiger partial charge in [-0.15, -0.1) is 0 Å². The van der Waals surface area contributed by atoms with Crippen molar-refractivity contribution in [3.63, 3.8) is 0 Å². The molecule has 24 heavy (non-hydrogen) atoms. The highest BCUT2D eigenvalue weighted by Gasteiger charge is 2.43. The van der Waals surface area contributed by atoms with E-state index in [4.69, 9.17) is 23.4 Å². The van der Waals surface area contributed by atoms with Gasteiger partial charge in [0, 0.05) is 18.1 Å². The largest absolute Gasteiger partial charge is 0.496 e. The normalized spacial score (nSPS) is 24.1. The Morgan fingerprint density at radius 1 is 1.25 bits per heavy atom. The lowest BCUT2D eigenvalue weighted by molar-refractivity contribution is -0.0337. The Hall–Kier alpha value is -2.54. The van der Waals surface area contributed by atoms with Gasteiger partial charge in [0.15, 0.2) is 0 Å². The molecule has 0 spiro atoms. The van der Waals surface area contributed by atoms with Gasteiger partial charge < -0.3 is 23.4 Å². The quantitative estimate of drug-likeness (QED) is 0.581. The molecule has 2 atom stereocenters. The molecule has 124 valence electrons. The van der Waals surface area contributed by atoms with Crippen molar-refractivity contribution in [1.82, 2.24) is 0 Å². The van der Waals surface area contributed by atoms with E-state index in [0.29, 0.717) is 41.1 Å². The number of hydrogen-bond acceptors (Lipinski definition) is 7. The molecule has 2 aromatic rings. The molecular formula is C17H14O7. The summed E-state index contributed by atoms with van der Waals surface area (Å²) in [6, 6.07) is 1.78. The summed E-state index contributed by atoms with van der Waals surface area (Å²) in [6.07, 6.45) is 0.882. The molecule has 1 aromatic heterocycles. The van der Waals surface area contributed by atoms with Gasteiger partial charge in [-0.25, -0.2) is 9.59 Å². The zero-order chi connectivity index (χ0) is 16.4. The average Bonchev–Trinajstić information content (AvgIpc) is 3.14. The van der Waals surface area contributed by atoms with Crippen LogP contribution in [0.3, 0.4) is 0 Å². The van der Waals surface area contributed by atoms with Gasteiger partial charge in [0.2, 0.25) is 6.29 Å². The van der Waals surface area contributed by atoms with Crippen LogP contribution in [0.4, 0.5) is 0 Å². The second kappa shape index (κ2) is 4.73. The number of carbonyl (C=O) groups is 1. The third-order valence-electron chi connectivity index (χ3n) is 4.91. The number of esters is 1. The maximum absolute atomic E-state index is 12.4. The van der Waals surface area contributed by atoms with E-state index in [1.54, 1.807) is 6.07 Å². The summed E-state index contributed by atoms with van der Waals surface area (Å²) in [5.41, 5.74) is 1.16. The number of ether oxygens (including phenoxy) is 4. The lowest BCUT2D eigenvalue weighted by atomic mass is 9.92. The number of fused-ring (bicyclic) bond motifs is 7. The van der Waals surface area contributed by atoms with Gasteiger partial charge in [-0.2, -0.15) is 0 Å². The number of hydrogen-bond donors (Lipinski definition) is 0. The second-order valence-electron chi connectivity index (χ2n) is 6.08. The van der Waals surface area contributed by atoms with E-state index in [2.05, 4.69) is 0 Å². The molecule has 0 N–H and O–H groups in total. The van der Waals surface area contributed by atoms with E-state index >= 15 is 0 Å². The van der Waals surface area contributed by atoms with Crippen LogP contribution in [0.2, 0.25) is 0 Å². The van der Waals surface area contributed by atoms with Gasteiger partial charge in [0.25, 0.3) is 0 Å². The maximum atomic E-state index is 12.4. The van der Waals surface area contributed by atoms with Crippen molar-refractivity contribution in [1.29, 1.82) is 0 Å². The number of carbonyl (C=O) groups excluding carboxylic acids is 1. The average molecular weight is 330 g/mol. The molecule has 1 fully saturated rings. The molecule has 5 rings (SSSR count). The summed E-state index contributed by atoms with van der Waals surface area (Å²) in [5, 5.41) is 0.652. The molecule has 0 radical (unpaired) electrons. The maximum Gasteiger partial charge on any atom is 0.351 e. The standard InChI is InChI=1S/C17H14O7/c1-20-9-6-10-12(8-3-5-22-17(8)23-10)14-11(9)7-2-4-21-15(18)13(7)16(19)24-14/h6,8,17H,2-5H2,1H3/t8?,17-/m1/s1. The van der Waals surface area contributed by atoms with E-state index in [9.17, 15) is 9.59 Å². The van der Waals surface area contributed by atoms with Crippen molar-refractivity contribution < 1.29 is 28.2 Å². The molecular weight excluding hydrogens is 316 g/mol. The lowest BCUT2D eigenvalue weighted by Crippen LogP contribution is -2.26. The summed E-state index contributed by atoms with van der Waals surface area (Å²) >= 11 is 0. The number of rotatable bonds is 1.